The van der Waals surface area contributed by atoms with Crippen LogP contribution >= 0.6 is 11.8 Å². The Labute approximate surface area is 99.0 Å². The first-order valence-corrected chi connectivity index (χ1v) is 6.64. The number of nitrogen functional groups attached to an aromatic ring is 1. The van der Waals surface area contributed by atoms with Gasteiger partial charge in [0.1, 0.15) is 5.82 Å². The molecule has 1 atom stereocenters. The summed E-state index contributed by atoms with van der Waals surface area (Å²) in [6.45, 7) is 0. The first kappa shape index (κ1) is 11.7. The van der Waals surface area contributed by atoms with E-state index in [0.717, 1.165) is 24.3 Å². The first-order chi connectivity index (χ1) is 7.68. The zero-order chi connectivity index (χ0) is 11.5. The van der Waals surface area contributed by atoms with Gasteiger partial charge in [-0.25, -0.2) is 4.39 Å². The van der Waals surface area contributed by atoms with Gasteiger partial charge in [-0.2, -0.15) is 11.8 Å². The van der Waals surface area contributed by atoms with Crippen LogP contribution in [0.4, 0.5) is 10.1 Å². The number of nitrogens with two attached hydrogens (primary N) is 1. The van der Waals surface area contributed by atoms with Crippen molar-refractivity contribution in [3.05, 3.63) is 29.6 Å². The lowest BCUT2D eigenvalue weighted by atomic mass is 9.90. The molecule has 1 heterocycles. The number of hydrogen-bond acceptors (Lipinski definition) is 3. The molecule has 1 aliphatic rings. The second-order valence-corrected chi connectivity index (χ2v) is 5.39. The molecule has 0 saturated carbocycles. The summed E-state index contributed by atoms with van der Waals surface area (Å²) in [7, 11) is 0. The zero-order valence-corrected chi connectivity index (χ0v) is 9.84. The third-order valence-corrected chi connectivity index (χ3v) is 4.13. The van der Waals surface area contributed by atoms with Crippen molar-refractivity contribution in [3.8, 4) is 0 Å². The van der Waals surface area contributed by atoms with Gasteiger partial charge in [-0.15, -0.1) is 0 Å². The topological polar surface area (TPSA) is 46.2 Å². The number of anilines is 1. The molecule has 2 nitrogen and oxygen atoms in total. The number of benzene rings is 1. The zero-order valence-electron chi connectivity index (χ0n) is 9.03. The van der Waals surface area contributed by atoms with Gasteiger partial charge >= 0.3 is 0 Å². The van der Waals surface area contributed by atoms with Gasteiger partial charge in [-0.05, 0) is 48.5 Å². The van der Waals surface area contributed by atoms with Crippen molar-refractivity contribution in [2.45, 2.75) is 18.9 Å². The molecule has 88 valence electrons. The third kappa shape index (κ3) is 2.50. The molecule has 1 unspecified atom stereocenters. The molecule has 0 amide bonds. The van der Waals surface area contributed by atoms with Crippen molar-refractivity contribution < 1.29 is 9.50 Å². The number of hydrogen-bond donors (Lipinski definition) is 2. The fourth-order valence-electron chi connectivity index (χ4n) is 2.09. The standard InChI is InChI=1S/C12H16FNOS/c13-9-1-2-11(14)10(7-9)12(15)8-3-5-16-6-4-8/h1-2,7-8,12,15H,3-6,14H2. The van der Waals surface area contributed by atoms with E-state index in [4.69, 9.17) is 5.73 Å². The van der Waals surface area contributed by atoms with E-state index in [0.29, 0.717) is 11.3 Å². The Morgan fingerprint density at radius 3 is 2.75 bits per heavy atom. The van der Waals surface area contributed by atoms with E-state index in [2.05, 4.69) is 0 Å². The fraction of sp³-hybridized carbons (Fsp3) is 0.500. The van der Waals surface area contributed by atoms with Crippen LogP contribution in [0.1, 0.15) is 24.5 Å². The molecule has 1 aromatic rings. The largest absolute Gasteiger partial charge is 0.398 e. The Morgan fingerprint density at radius 1 is 1.38 bits per heavy atom. The summed E-state index contributed by atoms with van der Waals surface area (Å²) in [5, 5.41) is 10.2. The van der Waals surface area contributed by atoms with Gasteiger partial charge in [0.05, 0.1) is 6.10 Å². The smallest absolute Gasteiger partial charge is 0.123 e. The summed E-state index contributed by atoms with van der Waals surface area (Å²) in [5.74, 6) is 2.01. The molecule has 2 rings (SSSR count). The highest BCUT2D eigenvalue weighted by atomic mass is 32.2. The van der Waals surface area contributed by atoms with E-state index in [9.17, 15) is 9.50 Å². The van der Waals surface area contributed by atoms with E-state index in [1.165, 1.54) is 18.2 Å². The van der Waals surface area contributed by atoms with E-state index < -0.39 is 6.10 Å². The molecule has 4 heteroatoms. The van der Waals surface area contributed by atoms with Crippen LogP contribution in [0.5, 0.6) is 0 Å². The minimum atomic E-state index is -0.628. The van der Waals surface area contributed by atoms with E-state index in [1.54, 1.807) is 0 Å². The molecular weight excluding hydrogens is 225 g/mol. The van der Waals surface area contributed by atoms with Crippen molar-refractivity contribution in [1.82, 2.24) is 0 Å². The average Bonchev–Trinajstić information content (AvgIpc) is 2.32. The molecule has 1 aromatic carbocycles. The second kappa shape index (κ2) is 5.06. The summed E-state index contributed by atoms with van der Waals surface area (Å²) in [5.41, 5.74) is 6.78. The lowest BCUT2D eigenvalue weighted by molar-refractivity contribution is 0.103. The molecular formula is C12H16FNOS. The van der Waals surface area contributed by atoms with Crippen molar-refractivity contribution in [2.75, 3.05) is 17.2 Å². The predicted octanol–water partition coefficient (Wildman–Crippen LogP) is 2.58. The third-order valence-electron chi connectivity index (χ3n) is 3.08. The van der Waals surface area contributed by atoms with Crippen LogP contribution in [0.2, 0.25) is 0 Å². The predicted molar refractivity (Wildman–Crippen MR) is 65.8 cm³/mol. The first-order valence-electron chi connectivity index (χ1n) is 5.49. The Balaban J connectivity index is 2.18. The van der Waals surface area contributed by atoms with Crippen LogP contribution in [0.15, 0.2) is 18.2 Å². The van der Waals surface area contributed by atoms with Gasteiger partial charge in [-0.3, -0.25) is 0 Å². The molecule has 1 saturated heterocycles. The SMILES string of the molecule is Nc1ccc(F)cc1C(O)C1CCSCC1. The number of halogens is 1. The number of thioether (sulfide) groups is 1. The van der Waals surface area contributed by atoms with Crippen LogP contribution in [-0.4, -0.2) is 16.6 Å². The molecule has 1 fully saturated rings. The molecule has 16 heavy (non-hydrogen) atoms. The van der Waals surface area contributed by atoms with Crippen LogP contribution < -0.4 is 5.73 Å². The average molecular weight is 241 g/mol. The van der Waals surface area contributed by atoms with Crippen LogP contribution in [-0.2, 0) is 0 Å². The minimum absolute atomic E-state index is 0.213. The van der Waals surface area contributed by atoms with Gasteiger partial charge in [0.15, 0.2) is 0 Å². The van der Waals surface area contributed by atoms with Gasteiger partial charge in [0.25, 0.3) is 0 Å². The van der Waals surface area contributed by atoms with E-state index in [1.807, 2.05) is 11.8 Å². The normalized spacial score (nSPS) is 19.6. The molecule has 0 radical (unpaired) electrons. The summed E-state index contributed by atoms with van der Waals surface area (Å²) < 4.78 is 13.1. The van der Waals surface area contributed by atoms with Crippen LogP contribution in [0.3, 0.4) is 0 Å². The van der Waals surface area contributed by atoms with Gasteiger partial charge < -0.3 is 10.8 Å². The maximum atomic E-state index is 13.1. The highest BCUT2D eigenvalue weighted by Crippen LogP contribution is 2.35. The molecule has 0 aliphatic carbocycles. The summed E-state index contributed by atoms with van der Waals surface area (Å²) in [6.07, 6.45) is 1.32. The van der Waals surface area contributed by atoms with Crippen molar-refractivity contribution in [2.24, 2.45) is 5.92 Å². The Kier molecular flexibility index (Phi) is 3.71. The highest BCUT2D eigenvalue weighted by Gasteiger charge is 2.24. The molecule has 1 aliphatic heterocycles. The second-order valence-electron chi connectivity index (χ2n) is 4.17. The Morgan fingerprint density at radius 2 is 2.06 bits per heavy atom. The Hall–Kier alpha value is -0.740. The highest BCUT2D eigenvalue weighted by molar-refractivity contribution is 7.99. The van der Waals surface area contributed by atoms with Crippen molar-refractivity contribution in [1.29, 1.82) is 0 Å². The van der Waals surface area contributed by atoms with Crippen LogP contribution in [0, 0.1) is 11.7 Å². The van der Waals surface area contributed by atoms with E-state index in [-0.39, 0.29) is 11.7 Å². The number of aliphatic hydroxyl groups excluding tert-OH is 1. The Bertz CT molecular complexity index is 366. The fourth-order valence-corrected chi connectivity index (χ4v) is 3.23. The summed E-state index contributed by atoms with van der Waals surface area (Å²) >= 11 is 1.90. The van der Waals surface area contributed by atoms with Crippen molar-refractivity contribution >= 4 is 17.4 Å². The quantitative estimate of drug-likeness (QED) is 0.782. The van der Waals surface area contributed by atoms with E-state index >= 15 is 0 Å². The van der Waals surface area contributed by atoms with Crippen molar-refractivity contribution in [3.63, 3.8) is 0 Å². The monoisotopic (exact) mass is 241 g/mol. The maximum Gasteiger partial charge on any atom is 0.123 e. The number of rotatable bonds is 2. The number of aliphatic hydroxyl groups is 1. The van der Waals surface area contributed by atoms with Gasteiger partial charge in [0.2, 0.25) is 0 Å². The summed E-state index contributed by atoms with van der Waals surface area (Å²) in [6, 6.07) is 4.19. The molecule has 3 N–H and O–H groups in total. The van der Waals surface area contributed by atoms with Gasteiger partial charge in [-0.1, -0.05) is 0 Å². The molecule has 0 spiro atoms. The molecule has 0 bridgehead atoms. The van der Waals surface area contributed by atoms with Crippen LogP contribution in [0.25, 0.3) is 0 Å². The molecule has 0 aromatic heterocycles. The lowest BCUT2D eigenvalue weighted by Gasteiger charge is -2.27. The maximum absolute atomic E-state index is 13.1. The van der Waals surface area contributed by atoms with Gasteiger partial charge in [0, 0.05) is 11.3 Å². The minimum Gasteiger partial charge on any atom is -0.398 e. The summed E-state index contributed by atoms with van der Waals surface area (Å²) in [4.78, 5) is 0. The lowest BCUT2D eigenvalue weighted by Crippen LogP contribution is -2.19.